The minimum Gasteiger partial charge on any atom is -0.493 e. The fraction of sp³-hybridized carbons (Fsp3) is 0.364. The molecule has 0 spiro atoms. The van der Waals surface area contributed by atoms with Crippen LogP contribution in [0.4, 0.5) is 0 Å². The average Bonchev–Trinajstić information content (AvgIpc) is 2.88. The van der Waals surface area contributed by atoms with Crippen LogP contribution < -0.4 is 9.47 Å². The van der Waals surface area contributed by atoms with Crippen LogP contribution in [-0.2, 0) is 26.1 Å². The zero-order chi connectivity index (χ0) is 22.8. The molecule has 0 aromatic heterocycles. The fourth-order valence-corrected chi connectivity index (χ4v) is 4.83. The van der Waals surface area contributed by atoms with Crippen molar-refractivity contribution in [2.24, 2.45) is 0 Å². The number of sulfonamides is 1. The molecule has 0 bridgehead atoms. The van der Waals surface area contributed by atoms with Crippen LogP contribution in [0.2, 0.25) is 0 Å². The number of carbonyl (C=O) groups excluding carboxylic acids is 2. The predicted octanol–water partition coefficient (Wildman–Crippen LogP) is 3.15. The average molecular weight is 448 g/mol. The van der Waals surface area contributed by atoms with Crippen LogP contribution in [0.25, 0.3) is 0 Å². The SMILES string of the molecule is CCOc1ccc(OCC(=O)OC(C)(C)C)c2c1C(=O)N(Cc1ccccc1)S2(=O)=O. The van der Waals surface area contributed by atoms with E-state index >= 15 is 0 Å². The Morgan fingerprint density at radius 3 is 2.26 bits per heavy atom. The van der Waals surface area contributed by atoms with Gasteiger partial charge in [-0.2, -0.15) is 0 Å². The molecule has 0 N–H and O–H groups in total. The Balaban J connectivity index is 1.98. The van der Waals surface area contributed by atoms with E-state index < -0.39 is 34.1 Å². The lowest BCUT2D eigenvalue weighted by Gasteiger charge is -2.20. The first kappa shape index (κ1) is 22.6. The van der Waals surface area contributed by atoms with Crippen molar-refractivity contribution in [3.8, 4) is 11.5 Å². The van der Waals surface area contributed by atoms with Gasteiger partial charge in [0.25, 0.3) is 15.9 Å². The van der Waals surface area contributed by atoms with Gasteiger partial charge in [0.2, 0.25) is 0 Å². The van der Waals surface area contributed by atoms with E-state index in [4.69, 9.17) is 14.2 Å². The van der Waals surface area contributed by atoms with Gasteiger partial charge in [-0.25, -0.2) is 17.5 Å². The van der Waals surface area contributed by atoms with Crippen molar-refractivity contribution in [3.63, 3.8) is 0 Å². The summed E-state index contributed by atoms with van der Waals surface area (Å²) in [5, 5.41) is 0. The van der Waals surface area contributed by atoms with E-state index in [1.165, 1.54) is 12.1 Å². The van der Waals surface area contributed by atoms with Crippen LogP contribution >= 0.6 is 0 Å². The largest absolute Gasteiger partial charge is 0.493 e. The van der Waals surface area contributed by atoms with Crippen molar-refractivity contribution < 1.29 is 32.2 Å². The Kier molecular flexibility index (Phi) is 6.26. The topological polar surface area (TPSA) is 99.2 Å². The van der Waals surface area contributed by atoms with Gasteiger partial charge in [0, 0.05) is 0 Å². The molecule has 0 atom stereocenters. The third kappa shape index (κ3) is 4.82. The Bertz CT molecular complexity index is 1090. The number of hydrogen-bond donors (Lipinski definition) is 0. The van der Waals surface area contributed by atoms with Crippen LogP contribution in [-0.4, -0.2) is 43.4 Å². The minimum atomic E-state index is -4.22. The standard InChI is InChI=1S/C22H25NO7S/c1-5-28-16-11-12-17(29-14-18(24)30-22(2,3)4)20-19(16)21(25)23(31(20,26)27)13-15-9-7-6-8-10-15/h6-12H,5,13-14H2,1-4H3. The van der Waals surface area contributed by atoms with Crippen LogP contribution in [0.5, 0.6) is 11.5 Å². The molecule has 9 heteroatoms. The molecule has 8 nitrogen and oxygen atoms in total. The van der Waals surface area contributed by atoms with Crippen LogP contribution in [0.1, 0.15) is 43.6 Å². The lowest BCUT2D eigenvalue weighted by Crippen LogP contribution is -2.29. The molecule has 2 aromatic carbocycles. The summed E-state index contributed by atoms with van der Waals surface area (Å²) in [6, 6.07) is 11.6. The number of amides is 1. The summed E-state index contributed by atoms with van der Waals surface area (Å²) < 4.78 is 43.6. The monoisotopic (exact) mass is 447 g/mol. The number of carbonyl (C=O) groups is 2. The first-order valence-electron chi connectivity index (χ1n) is 9.80. The maximum absolute atomic E-state index is 13.3. The first-order chi connectivity index (χ1) is 14.5. The Morgan fingerprint density at radius 1 is 1.00 bits per heavy atom. The minimum absolute atomic E-state index is 0.0977. The maximum atomic E-state index is 13.3. The normalized spacial score (nSPS) is 14.8. The number of hydrogen-bond acceptors (Lipinski definition) is 7. The van der Waals surface area contributed by atoms with Gasteiger partial charge in [-0.15, -0.1) is 0 Å². The fourth-order valence-electron chi connectivity index (χ4n) is 3.15. The second-order valence-corrected chi connectivity index (χ2v) is 9.68. The highest BCUT2D eigenvalue weighted by Crippen LogP contribution is 2.43. The van der Waals surface area contributed by atoms with Gasteiger partial charge in [-0.1, -0.05) is 30.3 Å². The number of benzene rings is 2. The van der Waals surface area contributed by atoms with Crippen molar-refractivity contribution in [2.45, 2.75) is 44.7 Å². The number of ether oxygens (including phenoxy) is 3. The van der Waals surface area contributed by atoms with Crippen LogP contribution in [0.3, 0.4) is 0 Å². The molecule has 2 aromatic rings. The van der Waals surface area contributed by atoms with Gasteiger partial charge < -0.3 is 14.2 Å². The molecule has 1 amide bonds. The van der Waals surface area contributed by atoms with Crippen molar-refractivity contribution in [1.29, 1.82) is 0 Å². The molecule has 166 valence electrons. The molecule has 0 radical (unpaired) electrons. The highest BCUT2D eigenvalue weighted by atomic mass is 32.2. The smallest absolute Gasteiger partial charge is 0.344 e. The molecule has 0 saturated heterocycles. The maximum Gasteiger partial charge on any atom is 0.344 e. The molecule has 0 fully saturated rings. The van der Waals surface area contributed by atoms with Gasteiger partial charge in [-0.05, 0) is 45.4 Å². The van der Waals surface area contributed by atoms with E-state index in [2.05, 4.69) is 0 Å². The van der Waals surface area contributed by atoms with Crippen molar-refractivity contribution in [1.82, 2.24) is 4.31 Å². The predicted molar refractivity (Wildman–Crippen MR) is 112 cm³/mol. The summed E-state index contributed by atoms with van der Waals surface area (Å²) in [6.45, 7) is 6.48. The molecular formula is C22H25NO7S. The molecule has 1 aliphatic heterocycles. The Morgan fingerprint density at radius 2 is 1.65 bits per heavy atom. The van der Waals surface area contributed by atoms with Crippen molar-refractivity contribution >= 4 is 21.9 Å². The lowest BCUT2D eigenvalue weighted by molar-refractivity contribution is -0.157. The number of esters is 1. The third-order valence-electron chi connectivity index (χ3n) is 4.31. The highest BCUT2D eigenvalue weighted by Gasteiger charge is 2.46. The van der Waals surface area contributed by atoms with Gasteiger partial charge >= 0.3 is 5.97 Å². The van der Waals surface area contributed by atoms with E-state index in [0.29, 0.717) is 5.56 Å². The molecule has 0 aliphatic carbocycles. The van der Waals surface area contributed by atoms with E-state index in [1.54, 1.807) is 58.0 Å². The molecule has 3 rings (SSSR count). The number of fused-ring (bicyclic) bond motifs is 1. The summed E-state index contributed by atoms with van der Waals surface area (Å²) in [7, 11) is -4.22. The Labute approximate surface area is 181 Å². The summed E-state index contributed by atoms with van der Waals surface area (Å²) in [6.07, 6.45) is 0. The number of nitrogens with zero attached hydrogens (tertiary/aromatic N) is 1. The van der Waals surface area contributed by atoms with Crippen LogP contribution in [0.15, 0.2) is 47.4 Å². The molecule has 1 heterocycles. The second-order valence-electron chi connectivity index (χ2n) is 7.88. The van der Waals surface area contributed by atoms with Crippen LogP contribution in [0, 0.1) is 0 Å². The third-order valence-corrected chi connectivity index (χ3v) is 6.10. The van der Waals surface area contributed by atoms with E-state index in [9.17, 15) is 18.0 Å². The van der Waals surface area contributed by atoms with Crippen molar-refractivity contribution in [3.05, 3.63) is 53.6 Å². The summed E-state index contributed by atoms with van der Waals surface area (Å²) >= 11 is 0. The summed E-state index contributed by atoms with van der Waals surface area (Å²) in [4.78, 5) is 24.8. The zero-order valence-corrected chi connectivity index (χ0v) is 18.7. The molecule has 0 saturated carbocycles. The second kappa shape index (κ2) is 8.58. The summed E-state index contributed by atoms with van der Waals surface area (Å²) in [5.41, 5.74) is -0.156. The van der Waals surface area contributed by atoms with Gasteiger partial charge in [0.15, 0.2) is 6.61 Å². The van der Waals surface area contributed by atoms with Gasteiger partial charge in [0.1, 0.15) is 27.6 Å². The van der Waals surface area contributed by atoms with E-state index in [0.717, 1.165) is 4.31 Å². The zero-order valence-electron chi connectivity index (χ0n) is 17.9. The highest BCUT2D eigenvalue weighted by molar-refractivity contribution is 7.90. The Hall–Kier alpha value is -3.07. The lowest BCUT2D eigenvalue weighted by atomic mass is 10.1. The molecule has 0 unspecified atom stereocenters. The molecular weight excluding hydrogens is 422 g/mol. The van der Waals surface area contributed by atoms with Gasteiger partial charge in [0.05, 0.1) is 13.2 Å². The molecule has 31 heavy (non-hydrogen) atoms. The van der Waals surface area contributed by atoms with E-state index in [-0.39, 0.29) is 35.1 Å². The van der Waals surface area contributed by atoms with E-state index in [1.807, 2.05) is 0 Å². The molecule has 1 aliphatic rings. The van der Waals surface area contributed by atoms with Crippen molar-refractivity contribution in [2.75, 3.05) is 13.2 Å². The number of rotatable bonds is 7. The first-order valence-corrected chi connectivity index (χ1v) is 11.2. The quantitative estimate of drug-likeness (QED) is 0.601. The van der Waals surface area contributed by atoms with Gasteiger partial charge in [-0.3, -0.25) is 4.79 Å². The summed E-state index contributed by atoms with van der Waals surface area (Å²) in [5.74, 6) is -1.32.